The third-order valence-electron chi connectivity index (χ3n) is 3.94. The van der Waals surface area contributed by atoms with E-state index in [1.165, 1.54) is 5.56 Å². The van der Waals surface area contributed by atoms with Gasteiger partial charge in [0.05, 0.1) is 23.9 Å². The van der Waals surface area contributed by atoms with E-state index in [-0.39, 0.29) is 0 Å². The lowest BCUT2D eigenvalue weighted by molar-refractivity contribution is 0.344. The summed E-state index contributed by atoms with van der Waals surface area (Å²) in [6, 6.07) is 18.1. The summed E-state index contributed by atoms with van der Waals surface area (Å²) in [5, 5.41) is 6.36. The molecule has 0 bridgehead atoms. The average molecular weight is 362 g/mol. The number of aromatic nitrogens is 4. The van der Waals surface area contributed by atoms with Gasteiger partial charge in [-0.25, -0.2) is 14.6 Å². The second kappa shape index (κ2) is 7.58. The Balaban J connectivity index is 1.45. The Morgan fingerprint density at radius 2 is 1.81 bits per heavy atom. The second-order valence-corrected chi connectivity index (χ2v) is 6.90. The van der Waals surface area contributed by atoms with E-state index in [2.05, 4.69) is 34.1 Å². The van der Waals surface area contributed by atoms with Crippen molar-refractivity contribution in [3.63, 3.8) is 0 Å². The lowest BCUT2D eigenvalue weighted by Crippen LogP contribution is -2.01. The van der Waals surface area contributed by atoms with Crippen LogP contribution in [0.15, 0.2) is 72.1 Å². The van der Waals surface area contributed by atoms with E-state index in [1.807, 2.05) is 53.3 Å². The molecule has 0 fully saturated rings. The molecule has 4 rings (SSSR count). The topological polar surface area (TPSA) is 52.8 Å². The molecule has 0 unspecified atom stereocenters. The highest BCUT2D eigenvalue weighted by Crippen LogP contribution is 2.25. The SMILES string of the molecule is Cc1ccc(OCCSc2ncnc3c2cnn3-c2ccccc2)cc1. The summed E-state index contributed by atoms with van der Waals surface area (Å²) in [6.07, 6.45) is 3.41. The number of benzene rings is 2. The molecule has 0 radical (unpaired) electrons. The van der Waals surface area contributed by atoms with Gasteiger partial charge in [0, 0.05) is 5.75 Å². The fraction of sp³-hybridized carbons (Fsp3) is 0.150. The molecule has 26 heavy (non-hydrogen) atoms. The van der Waals surface area contributed by atoms with Crippen molar-refractivity contribution in [2.75, 3.05) is 12.4 Å². The summed E-state index contributed by atoms with van der Waals surface area (Å²) in [5.74, 6) is 1.69. The largest absolute Gasteiger partial charge is 0.493 e. The van der Waals surface area contributed by atoms with Crippen molar-refractivity contribution in [2.45, 2.75) is 11.9 Å². The van der Waals surface area contributed by atoms with Crippen molar-refractivity contribution >= 4 is 22.8 Å². The quantitative estimate of drug-likeness (QED) is 0.291. The molecule has 0 saturated heterocycles. The Morgan fingerprint density at radius 3 is 2.62 bits per heavy atom. The van der Waals surface area contributed by atoms with Crippen LogP contribution >= 0.6 is 11.8 Å². The molecular weight excluding hydrogens is 344 g/mol. The van der Waals surface area contributed by atoms with Gasteiger partial charge in [0.1, 0.15) is 17.1 Å². The molecule has 0 aliphatic carbocycles. The van der Waals surface area contributed by atoms with E-state index in [1.54, 1.807) is 18.1 Å². The maximum atomic E-state index is 5.78. The summed E-state index contributed by atoms with van der Waals surface area (Å²) in [7, 11) is 0. The van der Waals surface area contributed by atoms with Gasteiger partial charge in [0.25, 0.3) is 0 Å². The molecule has 0 spiro atoms. The van der Waals surface area contributed by atoms with Crippen LogP contribution in [0.1, 0.15) is 5.56 Å². The minimum Gasteiger partial charge on any atom is -0.493 e. The lowest BCUT2D eigenvalue weighted by atomic mass is 10.2. The molecule has 6 heteroatoms. The number of thioether (sulfide) groups is 1. The van der Waals surface area contributed by atoms with Crippen LogP contribution in [-0.4, -0.2) is 32.1 Å². The molecule has 2 heterocycles. The Bertz CT molecular complexity index is 999. The smallest absolute Gasteiger partial charge is 0.167 e. The first-order valence-electron chi connectivity index (χ1n) is 8.38. The van der Waals surface area contributed by atoms with Gasteiger partial charge in [-0.3, -0.25) is 0 Å². The molecule has 0 saturated carbocycles. The van der Waals surface area contributed by atoms with E-state index < -0.39 is 0 Å². The fourth-order valence-corrected chi connectivity index (χ4v) is 3.41. The number of fused-ring (bicyclic) bond motifs is 1. The summed E-state index contributed by atoms with van der Waals surface area (Å²) in [5.41, 5.74) is 3.03. The van der Waals surface area contributed by atoms with E-state index in [9.17, 15) is 0 Å². The first-order chi connectivity index (χ1) is 12.8. The van der Waals surface area contributed by atoms with Gasteiger partial charge in [-0.05, 0) is 31.2 Å². The van der Waals surface area contributed by atoms with Gasteiger partial charge in [0.2, 0.25) is 0 Å². The third kappa shape index (κ3) is 3.55. The molecule has 0 aliphatic heterocycles. The van der Waals surface area contributed by atoms with Gasteiger partial charge < -0.3 is 4.74 Å². The highest BCUT2D eigenvalue weighted by molar-refractivity contribution is 7.99. The Labute approximate surface area is 156 Å². The maximum Gasteiger partial charge on any atom is 0.167 e. The molecule has 130 valence electrons. The Hall–Kier alpha value is -2.86. The zero-order valence-electron chi connectivity index (χ0n) is 14.4. The molecule has 4 aromatic rings. The summed E-state index contributed by atoms with van der Waals surface area (Å²) < 4.78 is 7.62. The van der Waals surface area contributed by atoms with Gasteiger partial charge in [0.15, 0.2) is 5.65 Å². The average Bonchev–Trinajstić information content (AvgIpc) is 3.12. The predicted molar refractivity (Wildman–Crippen MR) is 104 cm³/mol. The van der Waals surface area contributed by atoms with Crippen LogP contribution in [-0.2, 0) is 0 Å². The molecule has 0 N–H and O–H groups in total. The van der Waals surface area contributed by atoms with Crippen LogP contribution in [0.5, 0.6) is 5.75 Å². The summed E-state index contributed by atoms with van der Waals surface area (Å²) in [6.45, 7) is 2.68. The zero-order chi connectivity index (χ0) is 17.8. The monoisotopic (exact) mass is 362 g/mol. The molecule has 0 amide bonds. The van der Waals surface area contributed by atoms with Gasteiger partial charge in [-0.15, -0.1) is 11.8 Å². The van der Waals surface area contributed by atoms with E-state index in [0.717, 1.165) is 33.2 Å². The van der Waals surface area contributed by atoms with E-state index >= 15 is 0 Å². The fourth-order valence-electron chi connectivity index (χ4n) is 2.63. The molecule has 0 atom stereocenters. The molecule has 2 aromatic carbocycles. The standard InChI is InChI=1S/C20H18N4OS/c1-15-7-9-17(10-8-15)25-11-12-26-20-18-13-23-24(19(18)21-14-22-20)16-5-3-2-4-6-16/h2-10,13-14H,11-12H2,1H3. The van der Waals surface area contributed by atoms with Crippen molar-refractivity contribution < 1.29 is 4.74 Å². The molecule has 0 aliphatic rings. The highest BCUT2D eigenvalue weighted by atomic mass is 32.2. The number of hydrogen-bond acceptors (Lipinski definition) is 5. The minimum absolute atomic E-state index is 0.617. The number of nitrogens with zero attached hydrogens (tertiary/aromatic N) is 4. The van der Waals surface area contributed by atoms with Crippen molar-refractivity contribution in [3.05, 3.63) is 72.7 Å². The number of para-hydroxylation sites is 1. The number of ether oxygens (including phenoxy) is 1. The van der Waals surface area contributed by atoms with Crippen molar-refractivity contribution in [1.29, 1.82) is 0 Å². The van der Waals surface area contributed by atoms with Gasteiger partial charge in [-0.1, -0.05) is 35.9 Å². The lowest BCUT2D eigenvalue weighted by Gasteiger charge is -2.06. The zero-order valence-corrected chi connectivity index (χ0v) is 15.2. The normalized spacial score (nSPS) is 11.0. The third-order valence-corrected chi connectivity index (χ3v) is 4.91. The summed E-state index contributed by atoms with van der Waals surface area (Å²) in [4.78, 5) is 8.82. The van der Waals surface area contributed by atoms with Crippen LogP contribution in [0.3, 0.4) is 0 Å². The number of rotatable bonds is 6. The minimum atomic E-state index is 0.617. The second-order valence-electron chi connectivity index (χ2n) is 5.82. The first kappa shape index (κ1) is 16.6. The van der Waals surface area contributed by atoms with Crippen LogP contribution < -0.4 is 4.74 Å². The van der Waals surface area contributed by atoms with Crippen LogP contribution in [0, 0.1) is 6.92 Å². The van der Waals surface area contributed by atoms with Crippen LogP contribution in [0.2, 0.25) is 0 Å². The van der Waals surface area contributed by atoms with Crippen molar-refractivity contribution in [2.24, 2.45) is 0 Å². The highest BCUT2D eigenvalue weighted by Gasteiger charge is 2.11. The Morgan fingerprint density at radius 1 is 1.00 bits per heavy atom. The molecule has 2 aromatic heterocycles. The molecular formula is C20H18N4OS. The number of hydrogen-bond donors (Lipinski definition) is 0. The predicted octanol–water partition coefficient (Wildman–Crippen LogP) is 4.30. The van der Waals surface area contributed by atoms with Gasteiger partial charge in [-0.2, -0.15) is 5.10 Å². The maximum absolute atomic E-state index is 5.78. The first-order valence-corrected chi connectivity index (χ1v) is 9.36. The Kier molecular flexibility index (Phi) is 4.84. The summed E-state index contributed by atoms with van der Waals surface area (Å²) >= 11 is 1.65. The van der Waals surface area contributed by atoms with Crippen LogP contribution in [0.4, 0.5) is 0 Å². The number of aryl methyl sites for hydroxylation is 1. The van der Waals surface area contributed by atoms with E-state index in [0.29, 0.717) is 6.61 Å². The van der Waals surface area contributed by atoms with Crippen LogP contribution in [0.25, 0.3) is 16.7 Å². The van der Waals surface area contributed by atoms with Crippen molar-refractivity contribution in [3.8, 4) is 11.4 Å². The van der Waals surface area contributed by atoms with Crippen molar-refractivity contribution in [1.82, 2.24) is 19.7 Å². The molecule has 5 nitrogen and oxygen atoms in total. The van der Waals surface area contributed by atoms with E-state index in [4.69, 9.17) is 4.74 Å². The van der Waals surface area contributed by atoms with Gasteiger partial charge >= 0.3 is 0 Å².